The van der Waals surface area contributed by atoms with Crippen molar-refractivity contribution in [3.8, 4) is 0 Å². The fourth-order valence-electron chi connectivity index (χ4n) is 0. The van der Waals surface area contributed by atoms with Gasteiger partial charge in [0.1, 0.15) is 0 Å². The summed E-state index contributed by atoms with van der Waals surface area (Å²) in [4.78, 5) is 0. The molecule has 3 heteroatoms. The van der Waals surface area contributed by atoms with Gasteiger partial charge in [0.25, 0.3) is 0 Å². The molecular weight excluding hydrogens is 142 g/mol. The summed E-state index contributed by atoms with van der Waals surface area (Å²) >= 11 is 13.9. The van der Waals surface area contributed by atoms with Crippen molar-refractivity contribution in [1.82, 2.24) is 0 Å². The van der Waals surface area contributed by atoms with Gasteiger partial charge in [0.2, 0.25) is 0 Å². The minimum Gasteiger partial charge on any atom is -0.130 e. The zero-order chi connectivity index (χ0) is 6.00. The highest BCUT2D eigenvalue weighted by molar-refractivity contribution is 6.15. The van der Waals surface area contributed by atoms with E-state index in [1.165, 1.54) is 19.1 Å². The van der Waals surface area contributed by atoms with E-state index in [9.17, 15) is 0 Å². The predicted octanol–water partition coefficient (Wildman–Crippen LogP) is 2.57. The lowest BCUT2D eigenvalue weighted by atomic mass is 12.0. The third-order valence-corrected chi connectivity index (χ3v) is 0. The Morgan fingerprint density at radius 2 is 0.500 bits per heavy atom. The molecule has 0 amide bonds. The molecule has 0 aliphatic heterocycles. The first-order chi connectivity index (χ1) is 3.00. The standard InChI is InChI=1S/3CH3Cl/c3*1-2/h3*1H3. The Balaban J connectivity index is -0.0000000225. The summed E-state index contributed by atoms with van der Waals surface area (Å²) in [6.45, 7) is 0. The van der Waals surface area contributed by atoms with Gasteiger partial charge in [0, 0.05) is 19.1 Å². The minimum atomic E-state index is 1.47. The quantitative estimate of drug-likeness (QED) is 0.467. The summed E-state index contributed by atoms with van der Waals surface area (Å²) in [6, 6.07) is 0. The van der Waals surface area contributed by atoms with Crippen LogP contribution in [0.25, 0.3) is 0 Å². The molecule has 0 aliphatic rings. The van der Waals surface area contributed by atoms with Gasteiger partial charge < -0.3 is 0 Å². The van der Waals surface area contributed by atoms with E-state index in [1.54, 1.807) is 0 Å². The van der Waals surface area contributed by atoms with E-state index in [-0.39, 0.29) is 0 Å². The van der Waals surface area contributed by atoms with Crippen LogP contribution in [-0.4, -0.2) is 19.1 Å². The fraction of sp³-hybridized carbons (Fsp3) is 1.00. The van der Waals surface area contributed by atoms with Crippen molar-refractivity contribution in [2.75, 3.05) is 19.1 Å². The minimum absolute atomic E-state index is 1.47. The third-order valence-electron chi connectivity index (χ3n) is 0. The lowest BCUT2D eigenvalue weighted by molar-refractivity contribution is 2.46. The highest BCUT2D eigenvalue weighted by Crippen LogP contribution is 1.34. The van der Waals surface area contributed by atoms with E-state index in [0.717, 1.165) is 0 Å². The Hall–Kier alpha value is 0.870. The van der Waals surface area contributed by atoms with Crippen molar-refractivity contribution in [3.63, 3.8) is 0 Å². The fourth-order valence-corrected chi connectivity index (χ4v) is 0. The molecule has 0 heterocycles. The van der Waals surface area contributed by atoms with E-state index in [1.807, 2.05) is 0 Å². The van der Waals surface area contributed by atoms with Crippen LogP contribution >= 0.6 is 34.8 Å². The van der Waals surface area contributed by atoms with E-state index >= 15 is 0 Å². The van der Waals surface area contributed by atoms with E-state index in [4.69, 9.17) is 0 Å². The number of hydrogen-bond acceptors (Lipinski definition) is 0. The number of rotatable bonds is 0. The lowest BCUT2D eigenvalue weighted by Crippen LogP contribution is -0.852. The van der Waals surface area contributed by atoms with E-state index < -0.39 is 0 Å². The molecule has 0 aliphatic carbocycles. The molecule has 0 saturated carbocycles. The molecule has 0 unspecified atom stereocenters. The molecule has 0 aromatic rings. The van der Waals surface area contributed by atoms with Crippen LogP contribution < -0.4 is 0 Å². The van der Waals surface area contributed by atoms with Crippen molar-refractivity contribution < 1.29 is 0 Å². The second-order valence-corrected chi connectivity index (χ2v) is 0. The van der Waals surface area contributed by atoms with Crippen molar-refractivity contribution in [1.29, 1.82) is 0 Å². The van der Waals surface area contributed by atoms with Gasteiger partial charge in [0.15, 0.2) is 0 Å². The normalized spacial score (nSPS) is 3.00. The average Bonchev–Trinajstić information content (AvgIpc) is 1.81. The van der Waals surface area contributed by atoms with Crippen LogP contribution in [0.5, 0.6) is 0 Å². The van der Waals surface area contributed by atoms with Gasteiger partial charge >= 0.3 is 0 Å². The summed E-state index contributed by atoms with van der Waals surface area (Å²) in [7, 11) is 0. The second-order valence-electron chi connectivity index (χ2n) is 0. The molecule has 0 aromatic heterocycles. The highest BCUT2D eigenvalue weighted by atomic mass is 35.5. The van der Waals surface area contributed by atoms with Gasteiger partial charge in [-0.25, -0.2) is 0 Å². The van der Waals surface area contributed by atoms with Crippen LogP contribution in [-0.2, 0) is 0 Å². The Kier molecular flexibility index (Phi) is 485. The van der Waals surface area contributed by atoms with Crippen LogP contribution in [0.4, 0.5) is 0 Å². The zero-order valence-electron chi connectivity index (χ0n) is 4.13. The molecule has 0 rings (SSSR count). The number of halogens is 3. The predicted molar refractivity (Wildman–Crippen MR) is 35.3 cm³/mol. The molecule has 0 bridgehead atoms. The van der Waals surface area contributed by atoms with Crippen LogP contribution in [0.1, 0.15) is 0 Å². The summed E-state index contributed by atoms with van der Waals surface area (Å²) in [5.74, 6) is 0. The summed E-state index contributed by atoms with van der Waals surface area (Å²) < 4.78 is 0. The van der Waals surface area contributed by atoms with Crippen LogP contribution in [0.2, 0.25) is 0 Å². The lowest BCUT2D eigenvalue weighted by Gasteiger charge is -1.06. The number of hydrogen-bond donors (Lipinski definition) is 0. The van der Waals surface area contributed by atoms with Crippen molar-refractivity contribution in [3.05, 3.63) is 0 Å². The van der Waals surface area contributed by atoms with Crippen LogP contribution in [0.15, 0.2) is 0 Å². The molecule has 0 atom stereocenters. The van der Waals surface area contributed by atoms with Crippen molar-refractivity contribution in [2.45, 2.75) is 0 Å². The molecule has 6 heavy (non-hydrogen) atoms. The van der Waals surface area contributed by atoms with Gasteiger partial charge in [-0.1, -0.05) is 0 Å². The largest absolute Gasteiger partial charge is 0.130 e. The average molecular weight is 151 g/mol. The first kappa shape index (κ1) is 15.8. The Bertz CT molecular complexity index is 6.00. The molecule has 0 saturated heterocycles. The maximum Gasteiger partial charge on any atom is 0.0108 e. The molecular formula is C3H9Cl3. The SMILES string of the molecule is CCl.CCl.CCl. The topological polar surface area (TPSA) is 0 Å². The molecule has 0 aromatic carbocycles. The van der Waals surface area contributed by atoms with Gasteiger partial charge in [-0.3, -0.25) is 0 Å². The Morgan fingerprint density at radius 3 is 0.500 bits per heavy atom. The van der Waals surface area contributed by atoms with Gasteiger partial charge in [-0.2, -0.15) is 0 Å². The molecule has 0 spiro atoms. The van der Waals surface area contributed by atoms with Gasteiger partial charge in [-0.15, -0.1) is 34.8 Å². The molecule has 0 radical (unpaired) electrons. The van der Waals surface area contributed by atoms with Crippen molar-refractivity contribution >= 4 is 34.8 Å². The second kappa shape index (κ2) is 184. The summed E-state index contributed by atoms with van der Waals surface area (Å²) in [6.07, 6.45) is 4.42. The van der Waals surface area contributed by atoms with Crippen molar-refractivity contribution in [2.24, 2.45) is 0 Å². The molecule has 0 nitrogen and oxygen atoms in total. The Labute approximate surface area is 54.4 Å². The molecule has 42 valence electrons. The van der Waals surface area contributed by atoms with Crippen LogP contribution in [0, 0.1) is 0 Å². The highest BCUT2D eigenvalue weighted by Gasteiger charge is 0.947. The van der Waals surface area contributed by atoms with Crippen LogP contribution in [0.3, 0.4) is 0 Å². The molecule has 0 N–H and O–H groups in total. The smallest absolute Gasteiger partial charge is 0.0108 e. The Morgan fingerprint density at radius 1 is 0.500 bits per heavy atom. The maximum absolute atomic E-state index is 4.64. The molecule has 0 fully saturated rings. The van der Waals surface area contributed by atoms with E-state index in [0.29, 0.717) is 0 Å². The van der Waals surface area contributed by atoms with E-state index in [2.05, 4.69) is 34.8 Å². The zero-order valence-corrected chi connectivity index (χ0v) is 6.40. The monoisotopic (exact) mass is 150 g/mol. The first-order valence-corrected chi connectivity index (χ1v) is 3.40. The maximum atomic E-state index is 4.64. The summed E-state index contributed by atoms with van der Waals surface area (Å²) in [5, 5.41) is 0. The number of alkyl halides is 3. The summed E-state index contributed by atoms with van der Waals surface area (Å²) in [5.41, 5.74) is 0. The first-order valence-electron chi connectivity index (χ1n) is 1.13. The third kappa shape index (κ3) is 96.4. The van der Waals surface area contributed by atoms with Gasteiger partial charge in [0.05, 0.1) is 0 Å². The van der Waals surface area contributed by atoms with Gasteiger partial charge in [-0.05, 0) is 0 Å².